The van der Waals surface area contributed by atoms with E-state index < -0.39 is 23.6 Å². The van der Waals surface area contributed by atoms with Crippen LogP contribution in [0.2, 0.25) is 0 Å². The van der Waals surface area contributed by atoms with E-state index in [2.05, 4.69) is 0 Å². The second kappa shape index (κ2) is 4.46. The van der Waals surface area contributed by atoms with Gasteiger partial charge in [-0.25, -0.2) is 4.79 Å². The standard InChI is InChI=1S/C13H16N2O4/c1-13(11(14)17)7-6-10(15(13)12(18)19)8-2-4-9(16)5-3-8/h2-5,10,16H,6-7H2,1H3,(H2,14,17)(H,18,19). The first-order valence-corrected chi connectivity index (χ1v) is 5.97. The van der Waals surface area contributed by atoms with Crippen LogP contribution in [-0.4, -0.2) is 32.7 Å². The fourth-order valence-electron chi connectivity index (χ4n) is 2.61. The van der Waals surface area contributed by atoms with Crippen molar-refractivity contribution in [2.75, 3.05) is 0 Å². The Kier molecular flexibility index (Phi) is 3.09. The molecule has 0 aromatic heterocycles. The van der Waals surface area contributed by atoms with Gasteiger partial charge < -0.3 is 15.9 Å². The average molecular weight is 264 g/mol. The Bertz CT molecular complexity index is 514. The molecule has 1 aromatic carbocycles. The van der Waals surface area contributed by atoms with E-state index in [1.165, 1.54) is 12.1 Å². The van der Waals surface area contributed by atoms with Crippen molar-refractivity contribution < 1.29 is 19.8 Å². The SMILES string of the molecule is CC1(C(N)=O)CCC(c2ccc(O)cc2)N1C(=O)O. The van der Waals surface area contributed by atoms with Crippen molar-refractivity contribution in [2.45, 2.75) is 31.3 Å². The first-order chi connectivity index (χ1) is 8.86. The van der Waals surface area contributed by atoms with Crippen molar-refractivity contribution >= 4 is 12.0 Å². The predicted molar refractivity (Wildman–Crippen MR) is 67.5 cm³/mol. The molecule has 1 heterocycles. The molecule has 6 heteroatoms. The normalized spacial score (nSPS) is 26.4. The highest BCUT2D eigenvalue weighted by Crippen LogP contribution is 2.42. The molecule has 1 aliphatic rings. The number of carbonyl (C=O) groups is 2. The smallest absolute Gasteiger partial charge is 0.408 e. The van der Waals surface area contributed by atoms with Crippen LogP contribution in [0.1, 0.15) is 31.4 Å². The van der Waals surface area contributed by atoms with Crippen LogP contribution in [-0.2, 0) is 4.79 Å². The van der Waals surface area contributed by atoms with E-state index in [1.54, 1.807) is 19.1 Å². The summed E-state index contributed by atoms with van der Waals surface area (Å²) in [5.41, 5.74) is 4.90. The van der Waals surface area contributed by atoms with Gasteiger partial charge in [-0.3, -0.25) is 9.69 Å². The van der Waals surface area contributed by atoms with Crippen molar-refractivity contribution in [1.82, 2.24) is 4.90 Å². The van der Waals surface area contributed by atoms with Gasteiger partial charge in [0.05, 0.1) is 6.04 Å². The summed E-state index contributed by atoms with van der Waals surface area (Å²) in [5, 5.41) is 18.6. The molecule has 0 aliphatic carbocycles. The van der Waals surface area contributed by atoms with E-state index in [4.69, 9.17) is 5.73 Å². The maximum atomic E-state index is 11.5. The third-order valence-electron chi connectivity index (χ3n) is 3.76. The second-order valence-electron chi connectivity index (χ2n) is 4.94. The van der Waals surface area contributed by atoms with Gasteiger partial charge in [-0.05, 0) is 37.5 Å². The lowest BCUT2D eigenvalue weighted by molar-refractivity contribution is -0.127. The van der Waals surface area contributed by atoms with Crippen molar-refractivity contribution in [3.8, 4) is 5.75 Å². The van der Waals surface area contributed by atoms with Gasteiger partial charge in [0, 0.05) is 0 Å². The molecular formula is C13H16N2O4. The molecule has 19 heavy (non-hydrogen) atoms. The van der Waals surface area contributed by atoms with Gasteiger partial charge in [0.15, 0.2) is 0 Å². The number of hydrogen-bond donors (Lipinski definition) is 3. The van der Waals surface area contributed by atoms with E-state index >= 15 is 0 Å². The average Bonchev–Trinajstić information content (AvgIpc) is 2.69. The minimum Gasteiger partial charge on any atom is -0.508 e. The molecule has 2 atom stereocenters. The van der Waals surface area contributed by atoms with E-state index in [-0.39, 0.29) is 5.75 Å². The maximum absolute atomic E-state index is 11.5. The Morgan fingerprint density at radius 3 is 2.42 bits per heavy atom. The molecule has 2 amide bonds. The van der Waals surface area contributed by atoms with Crippen LogP contribution >= 0.6 is 0 Å². The number of rotatable bonds is 2. The molecule has 102 valence electrons. The summed E-state index contributed by atoms with van der Waals surface area (Å²) < 4.78 is 0. The van der Waals surface area contributed by atoms with Crippen LogP contribution in [0.15, 0.2) is 24.3 Å². The monoisotopic (exact) mass is 264 g/mol. The summed E-state index contributed by atoms with van der Waals surface area (Å²) in [6.45, 7) is 1.55. The molecule has 1 fully saturated rings. The highest BCUT2D eigenvalue weighted by Gasteiger charge is 2.50. The fraction of sp³-hybridized carbons (Fsp3) is 0.385. The molecule has 1 saturated heterocycles. The first-order valence-electron chi connectivity index (χ1n) is 5.97. The molecule has 0 saturated carbocycles. The summed E-state index contributed by atoms with van der Waals surface area (Å²) in [6, 6.07) is 5.88. The summed E-state index contributed by atoms with van der Waals surface area (Å²) >= 11 is 0. The van der Waals surface area contributed by atoms with Crippen LogP contribution in [0.25, 0.3) is 0 Å². The molecule has 6 nitrogen and oxygen atoms in total. The van der Waals surface area contributed by atoms with E-state index in [0.717, 1.165) is 10.5 Å². The van der Waals surface area contributed by atoms with E-state index in [9.17, 15) is 19.8 Å². The summed E-state index contributed by atoms with van der Waals surface area (Å²) in [4.78, 5) is 24.1. The Morgan fingerprint density at radius 2 is 1.95 bits per heavy atom. The highest BCUT2D eigenvalue weighted by molar-refractivity contribution is 5.88. The Labute approximate surface area is 110 Å². The number of hydrogen-bond acceptors (Lipinski definition) is 3. The number of amides is 2. The van der Waals surface area contributed by atoms with Gasteiger partial charge in [0.1, 0.15) is 11.3 Å². The van der Waals surface area contributed by atoms with Gasteiger partial charge in [0.25, 0.3) is 0 Å². The highest BCUT2D eigenvalue weighted by atomic mass is 16.4. The molecule has 2 rings (SSSR count). The molecular weight excluding hydrogens is 248 g/mol. The number of benzene rings is 1. The number of nitrogens with zero attached hydrogens (tertiary/aromatic N) is 1. The third kappa shape index (κ3) is 2.09. The van der Waals surface area contributed by atoms with Crippen molar-refractivity contribution in [2.24, 2.45) is 5.73 Å². The number of carbonyl (C=O) groups excluding carboxylic acids is 1. The van der Waals surface area contributed by atoms with Gasteiger partial charge in [-0.15, -0.1) is 0 Å². The third-order valence-corrected chi connectivity index (χ3v) is 3.76. The number of phenols is 1. The topological polar surface area (TPSA) is 104 Å². The summed E-state index contributed by atoms with van der Waals surface area (Å²) in [6.07, 6.45) is -0.256. The maximum Gasteiger partial charge on any atom is 0.408 e. The zero-order chi connectivity index (χ0) is 14.2. The molecule has 1 aliphatic heterocycles. The Balaban J connectivity index is 2.39. The van der Waals surface area contributed by atoms with Crippen molar-refractivity contribution in [3.63, 3.8) is 0 Å². The van der Waals surface area contributed by atoms with Crippen LogP contribution in [0.3, 0.4) is 0 Å². The van der Waals surface area contributed by atoms with Crippen molar-refractivity contribution in [3.05, 3.63) is 29.8 Å². The van der Waals surface area contributed by atoms with E-state index in [0.29, 0.717) is 12.8 Å². The number of likely N-dealkylation sites (tertiary alicyclic amines) is 1. The van der Waals surface area contributed by atoms with Crippen LogP contribution in [0.4, 0.5) is 4.79 Å². The largest absolute Gasteiger partial charge is 0.508 e. The number of primary amides is 1. The predicted octanol–water partition coefficient (Wildman–Crippen LogP) is 1.45. The minimum atomic E-state index is -1.19. The molecule has 0 radical (unpaired) electrons. The van der Waals surface area contributed by atoms with Gasteiger partial charge in [-0.1, -0.05) is 12.1 Å². The lowest BCUT2D eigenvalue weighted by atomic mass is 9.98. The second-order valence-corrected chi connectivity index (χ2v) is 4.94. The molecule has 1 aromatic rings. The minimum absolute atomic E-state index is 0.112. The lowest BCUT2D eigenvalue weighted by Gasteiger charge is -2.33. The molecule has 2 unspecified atom stereocenters. The number of aromatic hydroxyl groups is 1. The number of nitrogens with two attached hydrogens (primary N) is 1. The fourth-order valence-corrected chi connectivity index (χ4v) is 2.61. The van der Waals surface area contributed by atoms with Crippen LogP contribution in [0, 0.1) is 0 Å². The molecule has 4 N–H and O–H groups in total. The van der Waals surface area contributed by atoms with Gasteiger partial charge in [-0.2, -0.15) is 0 Å². The number of phenolic OH excluding ortho intramolecular Hbond substituents is 1. The van der Waals surface area contributed by atoms with Gasteiger partial charge >= 0.3 is 6.09 Å². The Hall–Kier alpha value is -2.24. The first kappa shape index (κ1) is 13.2. The van der Waals surface area contributed by atoms with Crippen LogP contribution in [0.5, 0.6) is 5.75 Å². The van der Waals surface area contributed by atoms with Crippen molar-refractivity contribution in [1.29, 1.82) is 0 Å². The zero-order valence-corrected chi connectivity index (χ0v) is 10.5. The molecule has 0 bridgehead atoms. The summed E-state index contributed by atoms with van der Waals surface area (Å²) in [5.74, 6) is -0.530. The molecule has 0 spiro atoms. The van der Waals surface area contributed by atoms with Crippen LogP contribution < -0.4 is 5.73 Å². The zero-order valence-electron chi connectivity index (χ0n) is 10.5. The van der Waals surface area contributed by atoms with E-state index in [1.807, 2.05) is 0 Å². The quantitative estimate of drug-likeness (QED) is 0.752. The summed E-state index contributed by atoms with van der Waals surface area (Å²) in [7, 11) is 0. The Morgan fingerprint density at radius 1 is 1.37 bits per heavy atom. The lowest BCUT2D eigenvalue weighted by Crippen LogP contribution is -2.54. The van der Waals surface area contributed by atoms with Gasteiger partial charge in [0.2, 0.25) is 5.91 Å². The number of carboxylic acid groups (broad SMARTS) is 1.